The fourth-order valence-electron chi connectivity index (χ4n) is 2.44. The standard InChI is InChI=1S/C14H22O5/c1-3-18-13(16)12(11-7-5-4-6-8-11)14(17)19-9-10(2)15/h11-12H,3-9H2,1-2H3. The summed E-state index contributed by atoms with van der Waals surface area (Å²) >= 11 is 0. The van der Waals surface area contributed by atoms with Gasteiger partial charge in [0.05, 0.1) is 6.61 Å². The minimum atomic E-state index is -0.875. The fraction of sp³-hybridized carbons (Fsp3) is 0.786. The van der Waals surface area contributed by atoms with Crippen LogP contribution in [0.1, 0.15) is 46.0 Å². The lowest BCUT2D eigenvalue weighted by molar-refractivity contribution is -0.166. The molecular weight excluding hydrogens is 248 g/mol. The largest absolute Gasteiger partial charge is 0.465 e. The van der Waals surface area contributed by atoms with Crippen molar-refractivity contribution in [3.8, 4) is 0 Å². The average Bonchev–Trinajstić information content (AvgIpc) is 2.38. The molecule has 5 nitrogen and oxygen atoms in total. The van der Waals surface area contributed by atoms with Crippen LogP contribution < -0.4 is 0 Å². The third-order valence-corrected chi connectivity index (χ3v) is 3.33. The number of rotatable bonds is 6. The van der Waals surface area contributed by atoms with Gasteiger partial charge in [-0.2, -0.15) is 0 Å². The molecule has 1 aliphatic rings. The van der Waals surface area contributed by atoms with Gasteiger partial charge in [-0.05, 0) is 32.6 Å². The molecule has 0 saturated heterocycles. The Labute approximate surface area is 113 Å². The first-order valence-corrected chi connectivity index (χ1v) is 6.89. The third kappa shape index (κ3) is 5.01. The molecule has 1 saturated carbocycles. The molecule has 1 unspecified atom stereocenters. The summed E-state index contributed by atoms with van der Waals surface area (Å²) < 4.78 is 9.86. The normalized spacial score (nSPS) is 17.6. The van der Waals surface area contributed by atoms with Crippen molar-refractivity contribution in [2.75, 3.05) is 13.2 Å². The van der Waals surface area contributed by atoms with Crippen molar-refractivity contribution in [2.45, 2.75) is 46.0 Å². The highest BCUT2D eigenvalue weighted by molar-refractivity contribution is 5.96. The second kappa shape index (κ2) is 7.92. The molecule has 1 atom stereocenters. The van der Waals surface area contributed by atoms with E-state index in [-0.39, 0.29) is 24.9 Å². The van der Waals surface area contributed by atoms with Crippen LogP contribution in [0, 0.1) is 11.8 Å². The molecule has 5 heteroatoms. The smallest absolute Gasteiger partial charge is 0.321 e. The van der Waals surface area contributed by atoms with Crippen molar-refractivity contribution in [1.29, 1.82) is 0 Å². The molecule has 0 radical (unpaired) electrons. The molecule has 0 amide bonds. The molecule has 0 heterocycles. The van der Waals surface area contributed by atoms with Gasteiger partial charge in [0.2, 0.25) is 0 Å². The van der Waals surface area contributed by atoms with Crippen LogP contribution in [0.3, 0.4) is 0 Å². The van der Waals surface area contributed by atoms with Crippen molar-refractivity contribution >= 4 is 17.7 Å². The Balaban J connectivity index is 2.69. The maximum atomic E-state index is 12.0. The maximum Gasteiger partial charge on any atom is 0.321 e. The van der Waals surface area contributed by atoms with Crippen molar-refractivity contribution < 1.29 is 23.9 Å². The van der Waals surface area contributed by atoms with E-state index in [1.807, 2.05) is 0 Å². The van der Waals surface area contributed by atoms with Gasteiger partial charge < -0.3 is 9.47 Å². The Morgan fingerprint density at radius 3 is 2.16 bits per heavy atom. The topological polar surface area (TPSA) is 69.7 Å². The highest BCUT2D eigenvalue weighted by atomic mass is 16.6. The first-order chi connectivity index (χ1) is 9.06. The summed E-state index contributed by atoms with van der Waals surface area (Å²) in [5.74, 6) is -2.28. The number of ketones is 1. The van der Waals surface area contributed by atoms with Crippen LogP contribution in [0.4, 0.5) is 0 Å². The highest BCUT2D eigenvalue weighted by Gasteiger charge is 2.38. The van der Waals surface area contributed by atoms with Crippen LogP contribution in [-0.2, 0) is 23.9 Å². The fourth-order valence-corrected chi connectivity index (χ4v) is 2.44. The summed E-state index contributed by atoms with van der Waals surface area (Å²) in [5.41, 5.74) is 0. The van der Waals surface area contributed by atoms with E-state index in [0.29, 0.717) is 0 Å². The van der Waals surface area contributed by atoms with E-state index in [1.54, 1.807) is 6.92 Å². The molecule has 0 bridgehead atoms. The van der Waals surface area contributed by atoms with Crippen molar-refractivity contribution in [1.82, 2.24) is 0 Å². The number of ether oxygens (including phenoxy) is 2. The Morgan fingerprint density at radius 2 is 1.63 bits per heavy atom. The lowest BCUT2D eigenvalue weighted by Gasteiger charge is -2.27. The van der Waals surface area contributed by atoms with Gasteiger partial charge in [0.1, 0.15) is 6.61 Å². The third-order valence-electron chi connectivity index (χ3n) is 3.33. The van der Waals surface area contributed by atoms with Gasteiger partial charge in [0, 0.05) is 0 Å². The number of Topliss-reactive ketones (excluding diaryl/α,β-unsaturated/α-hetero) is 1. The Hall–Kier alpha value is -1.39. The molecule has 0 aliphatic heterocycles. The van der Waals surface area contributed by atoms with Gasteiger partial charge in [0.15, 0.2) is 11.7 Å². The lowest BCUT2D eigenvalue weighted by atomic mass is 9.80. The SMILES string of the molecule is CCOC(=O)C(C(=O)OCC(C)=O)C1CCCCC1. The van der Waals surface area contributed by atoms with E-state index in [9.17, 15) is 14.4 Å². The molecule has 19 heavy (non-hydrogen) atoms. The monoisotopic (exact) mass is 270 g/mol. The van der Waals surface area contributed by atoms with Crippen molar-refractivity contribution in [3.05, 3.63) is 0 Å². The summed E-state index contributed by atoms with van der Waals surface area (Å²) in [5, 5.41) is 0. The van der Waals surface area contributed by atoms with Gasteiger partial charge >= 0.3 is 11.9 Å². The Bertz CT molecular complexity index is 331. The molecular formula is C14H22O5. The summed E-state index contributed by atoms with van der Waals surface area (Å²) in [7, 11) is 0. The molecule has 1 fully saturated rings. The van der Waals surface area contributed by atoms with Crippen LogP contribution >= 0.6 is 0 Å². The average molecular weight is 270 g/mol. The van der Waals surface area contributed by atoms with E-state index in [4.69, 9.17) is 9.47 Å². The first-order valence-electron chi connectivity index (χ1n) is 6.89. The van der Waals surface area contributed by atoms with E-state index >= 15 is 0 Å². The Morgan fingerprint density at radius 1 is 1.05 bits per heavy atom. The number of hydrogen-bond acceptors (Lipinski definition) is 5. The summed E-state index contributed by atoms with van der Waals surface area (Å²) in [4.78, 5) is 34.8. The molecule has 0 spiro atoms. The zero-order valence-corrected chi connectivity index (χ0v) is 11.6. The zero-order valence-electron chi connectivity index (χ0n) is 11.6. The maximum absolute atomic E-state index is 12.0. The van der Waals surface area contributed by atoms with Gasteiger partial charge in [-0.15, -0.1) is 0 Å². The molecule has 0 aromatic rings. The van der Waals surface area contributed by atoms with Crippen LogP contribution in [0.5, 0.6) is 0 Å². The van der Waals surface area contributed by atoms with Crippen molar-refractivity contribution in [2.24, 2.45) is 11.8 Å². The van der Waals surface area contributed by atoms with E-state index in [1.165, 1.54) is 6.92 Å². The van der Waals surface area contributed by atoms with E-state index in [2.05, 4.69) is 0 Å². The van der Waals surface area contributed by atoms with Gasteiger partial charge in [0.25, 0.3) is 0 Å². The summed E-state index contributed by atoms with van der Waals surface area (Å²) in [6, 6.07) is 0. The molecule has 0 aromatic carbocycles. The molecule has 1 aliphatic carbocycles. The van der Waals surface area contributed by atoms with Crippen LogP contribution in [0.15, 0.2) is 0 Å². The zero-order chi connectivity index (χ0) is 14.3. The minimum Gasteiger partial charge on any atom is -0.465 e. The van der Waals surface area contributed by atoms with Crippen LogP contribution in [-0.4, -0.2) is 30.9 Å². The van der Waals surface area contributed by atoms with Gasteiger partial charge in [-0.1, -0.05) is 19.3 Å². The minimum absolute atomic E-state index is 0.0211. The van der Waals surface area contributed by atoms with Gasteiger partial charge in [-0.25, -0.2) is 0 Å². The van der Waals surface area contributed by atoms with Crippen LogP contribution in [0.2, 0.25) is 0 Å². The molecule has 108 valence electrons. The number of hydrogen-bond donors (Lipinski definition) is 0. The van der Waals surface area contributed by atoms with Gasteiger partial charge in [-0.3, -0.25) is 14.4 Å². The number of esters is 2. The second-order valence-electron chi connectivity index (χ2n) is 4.94. The van der Waals surface area contributed by atoms with E-state index < -0.39 is 17.9 Å². The predicted molar refractivity (Wildman–Crippen MR) is 68.3 cm³/mol. The van der Waals surface area contributed by atoms with E-state index in [0.717, 1.165) is 32.1 Å². The number of carbonyl (C=O) groups excluding carboxylic acids is 3. The quantitative estimate of drug-likeness (QED) is 0.544. The first kappa shape index (κ1) is 15.7. The second-order valence-corrected chi connectivity index (χ2v) is 4.94. The molecule has 0 N–H and O–H groups in total. The lowest BCUT2D eigenvalue weighted by Crippen LogP contribution is -2.36. The Kier molecular flexibility index (Phi) is 6.53. The van der Waals surface area contributed by atoms with Crippen LogP contribution in [0.25, 0.3) is 0 Å². The molecule has 1 rings (SSSR count). The van der Waals surface area contributed by atoms with Crippen molar-refractivity contribution in [3.63, 3.8) is 0 Å². The summed E-state index contributed by atoms with van der Waals surface area (Å²) in [6.45, 7) is 3.01. The molecule has 0 aromatic heterocycles. The summed E-state index contributed by atoms with van der Waals surface area (Å²) in [6.07, 6.45) is 4.83. The highest BCUT2D eigenvalue weighted by Crippen LogP contribution is 2.31. The number of carbonyl (C=O) groups is 3. The predicted octanol–water partition coefficient (Wildman–Crippen LogP) is 1.88.